The van der Waals surface area contributed by atoms with Gasteiger partial charge in [0.15, 0.2) is 6.10 Å². The predicted molar refractivity (Wildman–Crippen MR) is 152 cm³/mol. The number of carbonyl (C=O) groups is 1. The first kappa shape index (κ1) is 31.4. The minimum atomic E-state index is -1.45. The van der Waals surface area contributed by atoms with Crippen LogP contribution in [0.2, 0.25) is 5.02 Å². The average molecular weight is 683 g/mol. The molecule has 2 heterocycles. The average Bonchev–Trinajstić information content (AvgIpc) is 3.64. The third-order valence-corrected chi connectivity index (χ3v) is 8.60. The molecule has 2 aromatic carbocycles. The van der Waals surface area contributed by atoms with E-state index in [1.165, 1.54) is 29.0 Å². The van der Waals surface area contributed by atoms with Crippen LogP contribution in [0.15, 0.2) is 41.0 Å². The van der Waals surface area contributed by atoms with E-state index >= 15 is 0 Å². The predicted octanol–water partition coefficient (Wildman–Crippen LogP) is 3.13. The molecule has 0 radical (unpaired) electrons. The van der Waals surface area contributed by atoms with Crippen molar-refractivity contribution >= 4 is 39.1 Å². The molecule has 7 atom stereocenters. The summed E-state index contributed by atoms with van der Waals surface area (Å²) >= 11 is 8.97. The summed E-state index contributed by atoms with van der Waals surface area (Å²) in [4.78, 5) is 15.8. The van der Waals surface area contributed by atoms with E-state index in [2.05, 4.69) is 32.3 Å². The van der Waals surface area contributed by atoms with Gasteiger partial charge in [-0.2, -0.15) is 5.26 Å². The zero-order chi connectivity index (χ0) is 31.0. The number of aliphatic hydroxyl groups is 3. The van der Waals surface area contributed by atoms with Crippen LogP contribution < -0.4 is 4.90 Å². The molecular weight excluding hydrogens is 656 g/mol. The molecule has 3 aromatic rings. The minimum absolute atomic E-state index is 0.0249. The Bertz CT molecular complexity index is 1530. The number of benzene rings is 2. The number of amides is 1. The summed E-state index contributed by atoms with van der Waals surface area (Å²) in [6.07, 6.45) is -3.30. The van der Waals surface area contributed by atoms with E-state index in [1.807, 2.05) is 0 Å². The fourth-order valence-electron chi connectivity index (χ4n) is 5.74. The number of nitrogens with zero attached hydrogens (tertiary/aromatic N) is 5. The fourth-order valence-corrected chi connectivity index (χ4v) is 6.33. The third kappa shape index (κ3) is 6.03. The molecule has 3 N–H and O–H groups in total. The SMILES string of the molecule is CO[C@@H]1[C@@H](n2cc(-c3cc(F)c(Cl)c(F)c3)nn2)[C@@H](O)[C@@H](CO)O[C@H]1C(=O)N(c1cc(Br)cc(C#N)c1)[C@H]1CCC[C@@H]1O. The lowest BCUT2D eigenvalue weighted by Gasteiger charge is -2.45. The molecule has 5 rings (SSSR count). The summed E-state index contributed by atoms with van der Waals surface area (Å²) in [5, 5.41) is 49.0. The van der Waals surface area contributed by atoms with E-state index in [0.29, 0.717) is 29.4 Å². The molecule has 2 fully saturated rings. The molecule has 1 saturated heterocycles. The van der Waals surface area contributed by atoms with Crippen LogP contribution in [0.25, 0.3) is 11.3 Å². The van der Waals surface area contributed by atoms with Gasteiger partial charge in [0.05, 0.1) is 36.6 Å². The summed E-state index contributed by atoms with van der Waals surface area (Å²) in [6, 6.07) is 6.95. The second-order valence-electron chi connectivity index (χ2n) is 10.4. The van der Waals surface area contributed by atoms with Crippen molar-refractivity contribution in [2.45, 2.75) is 61.9 Å². The normalized spacial score (nSPS) is 27.2. The third-order valence-electron chi connectivity index (χ3n) is 7.78. The molecule has 1 aromatic heterocycles. The second kappa shape index (κ2) is 12.9. The van der Waals surface area contributed by atoms with E-state index < -0.39 is 71.8 Å². The fraction of sp³-hybridized carbons (Fsp3) is 0.429. The van der Waals surface area contributed by atoms with Gasteiger partial charge in [-0.05, 0) is 49.6 Å². The largest absolute Gasteiger partial charge is 0.394 e. The highest BCUT2D eigenvalue weighted by Crippen LogP contribution is 2.37. The van der Waals surface area contributed by atoms with Gasteiger partial charge in [-0.3, -0.25) is 4.79 Å². The van der Waals surface area contributed by atoms with Crippen LogP contribution in [0, 0.1) is 23.0 Å². The molecule has 11 nitrogen and oxygen atoms in total. The molecule has 1 aliphatic carbocycles. The van der Waals surface area contributed by atoms with Crippen LogP contribution >= 0.6 is 27.5 Å². The van der Waals surface area contributed by atoms with Gasteiger partial charge in [0.1, 0.15) is 46.7 Å². The number of halogens is 4. The van der Waals surface area contributed by atoms with Crippen LogP contribution in [0.5, 0.6) is 0 Å². The van der Waals surface area contributed by atoms with Gasteiger partial charge in [-0.15, -0.1) is 5.10 Å². The second-order valence-corrected chi connectivity index (χ2v) is 11.7. The molecule has 0 bridgehead atoms. The molecule has 15 heteroatoms. The number of anilines is 1. The molecular formula is C28H27BrClF2N5O6. The van der Waals surface area contributed by atoms with Crippen LogP contribution in [0.4, 0.5) is 14.5 Å². The van der Waals surface area contributed by atoms with Crippen molar-refractivity contribution in [1.82, 2.24) is 15.0 Å². The van der Waals surface area contributed by atoms with E-state index in [9.17, 15) is 34.2 Å². The van der Waals surface area contributed by atoms with E-state index in [-0.39, 0.29) is 16.8 Å². The van der Waals surface area contributed by atoms with Crippen molar-refractivity contribution in [1.29, 1.82) is 5.26 Å². The minimum Gasteiger partial charge on any atom is -0.394 e. The number of aliphatic hydroxyl groups excluding tert-OH is 3. The molecule has 1 amide bonds. The summed E-state index contributed by atoms with van der Waals surface area (Å²) in [5.41, 5.74) is 0.671. The van der Waals surface area contributed by atoms with E-state index in [0.717, 1.165) is 12.1 Å². The Balaban J connectivity index is 1.55. The first-order valence-electron chi connectivity index (χ1n) is 13.3. The maximum atomic E-state index is 14.4. The molecule has 43 heavy (non-hydrogen) atoms. The first-order chi connectivity index (χ1) is 20.6. The smallest absolute Gasteiger partial charge is 0.259 e. The van der Waals surface area contributed by atoms with Gasteiger partial charge in [-0.25, -0.2) is 13.5 Å². The van der Waals surface area contributed by atoms with Crippen LogP contribution in [0.1, 0.15) is 30.9 Å². The summed E-state index contributed by atoms with van der Waals surface area (Å²) in [7, 11) is 1.30. The number of methoxy groups -OCH3 is 1. The van der Waals surface area contributed by atoms with Crippen molar-refractivity contribution in [3.05, 3.63) is 63.2 Å². The zero-order valence-electron chi connectivity index (χ0n) is 22.6. The number of ether oxygens (including phenoxy) is 2. The van der Waals surface area contributed by atoms with Gasteiger partial charge in [0.2, 0.25) is 0 Å². The maximum Gasteiger partial charge on any atom is 0.259 e. The molecule has 0 unspecified atom stereocenters. The van der Waals surface area contributed by atoms with Crippen molar-refractivity contribution in [2.75, 3.05) is 18.6 Å². The Hall–Kier alpha value is -3.03. The Kier molecular flexibility index (Phi) is 9.43. The monoisotopic (exact) mass is 681 g/mol. The first-order valence-corrected chi connectivity index (χ1v) is 14.5. The molecule has 228 valence electrons. The van der Waals surface area contributed by atoms with Crippen LogP contribution in [0.3, 0.4) is 0 Å². The van der Waals surface area contributed by atoms with Crippen molar-refractivity contribution in [2.24, 2.45) is 0 Å². The molecule has 0 spiro atoms. The quantitative estimate of drug-likeness (QED) is 0.319. The van der Waals surface area contributed by atoms with Crippen molar-refractivity contribution in [3.63, 3.8) is 0 Å². The number of carbonyl (C=O) groups excluding carboxylic acids is 1. The number of hydrogen-bond donors (Lipinski definition) is 3. The highest BCUT2D eigenvalue weighted by atomic mass is 79.9. The van der Waals surface area contributed by atoms with E-state index in [1.54, 1.807) is 12.1 Å². The van der Waals surface area contributed by atoms with Crippen molar-refractivity contribution in [3.8, 4) is 17.3 Å². The molecule has 2 aliphatic rings. The Morgan fingerprint density at radius 3 is 2.58 bits per heavy atom. The molecule has 1 aliphatic heterocycles. The Morgan fingerprint density at radius 1 is 1.26 bits per heavy atom. The van der Waals surface area contributed by atoms with Gasteiger partial charge in [-0.1, -0.05) is 32.7 Å². The summed E-state index contributed by atoms with van der Waals surface area (Å²) < 4.78 is 41.6. The number of hydrogen-bond acceptors (Lipinski definition) is 9. The van der Waals surface area contributed by atoms with Gasteiger partial charge in [0, 0.05) is 22.8 Å². The van der Waals surface area contributed by atoms with Gasteiger partial charge in [0.25, 0.3) is 5.91 Å². The van der Waals surface area contributed by atoms with Crippen molar-refractivity contribution < 1.29 is 38.4 Å². The summed E-state index contributed by atoms with van der Waals surface area (Å²) in [6.45, 7) is -0.672. The zero-order valence-corrected chi connectivity index (χ0v) is 25.0. The van der Waals surface area contributed by atoms with E-state index in [4.69, 9.17) is 21.1 Å². The lowest BCUT2D eigenvalue weighted by Crippen LogP contribution is -2.62. The van der Waals surface area contributed by atoms with Crippen LogP contribution in [-0.4, -0.2) is 86.5 Å². The lowest BCUT2D eigenvalue weighted by molar-refractivity contribution is -0.211. The maximum absolute atomic E-state index is 14.4. The molecule has 1 saturated carbocycles. The standard InChI is InChI=1S/C28H27BrClF2N5O6/c1-42-26-24(36-11-19(34-35-36)14-7-17(31)23(30)18(32)8-14)25(40)22(12-38)43-27(26)28(41)37(20-3-2-4-21(20)39)16-6-13(10-33)5-15(29)9-16/h5-9,11,20-22,24-27,38-40H,2-4,12H2,1H3/t20-,21-,22+,24-,25-,26+,27+/m0/s1. The number of nitriles is 1. The lowest BCUT2D eigenvalue weighted by atomic mass is 9.91. The van der Waals surface area contributed by atoms with Gasteiger partial charge >= 0.3 is 0 Å². The highest BCUT2D eigenvalue weighted by molar-refractivity contribution is 9.10. The number of rotatable bonds is 7. The Labute approximate surface area is 258 Å². The topological polar surface area (TPSA) is 154 Å². The summed E-state index contributed by atoms with van der Waals surface area (Å²) in [5.74, 6) is -2.64. The Morgan fingerprint density at radius 2 is 1.98 bits per heavy atom. The number of aromatic nitrogens is 3. The van der Waals surface area contributed by atoms with Gasteiger partial charge < -0.3 is 29.7 Å². The highest BCUT2D eigenvalue weighted by Gasteiger charge is 2.52. The van der Waals surface area contributed by atoms with Crippen LogP contribution in [-0.2, 0) is 14.3 Å².